The Bertz CT molecular complexity index is 467. The quantitative estimate of drug-likeness (QED) is 0.827. The number of benzene rings is 1. The molecule has 1 amide bonds. The Morgan fingerprint density at radius 1 is 1.40 bits per heavy atom. The molecule has 1 aromatic rings. The van der Waals surface area contributed by atoms with Crippen LogP contribution in [0.2, 0.25) is 0 Å². The molecule has 106 valence electrons. The highest BCUT2D eigenvalue weighted by Crippen LogP contribution is 2.22. The van der Waals surface area contributed by atoms with Gasteiger partial charge in [-0.05, 0) is 30.7 Å². The minimum absolute atomic E-state index is 0.0248. The maximum Gasteiger partial charge on any atom is 0.407 e. The highest BCUT2D eigenvalue weighted by atomic mass is 16.5. The molecule has 0 spiro atoms. The van der Waals surface area contributed by atoms with Gasteiger partial charge in [-0.25, -0.2) is 4.79 Å². The molecule has 0 bridgehead atoms. The number of allylic oxidation sites excluding steroid dienone is 2. The third-order valence-electron chi connectivity index (χ3n) is 3.57. The molecule has 0 saturated heterocycles. The average Bonchev–Trinajstić information content (AvgIpc) is 2.52. The van der Waals surface area contributed by atoms with E-state index in [9.17, 15) is 4.79 Å². The van der Waals surface area contributed by atoms with Crippen molar-refractivity contribution < 1.29 is 9.53 Å². The number of amides is 1. The van der Waals surface area contributed by atoms with Gasteiger partial charge in [-0.15, -0.1) is 6.58 Å². The number of alkyl carbamates (subject to hydrolysis) is 1. The molecule has 1 aliphatic rings. The van der Waals surface area contributed by atoms with Crippen LogP contribution in [0.3, 0.4) is 0 Å². The van der Waals surface area contributed by atoms with E-state index in [1.807, 2.05) is 30.3 Å². The van der Waals surface area contributed by atoms with Gasteiger partial charge in [0, 0.05) is 0 Å². The summed E-state index contributed by atoms with van der Waals surface area (Å²) in [7, 11) is 0. The van der Waals surface area contributed by atoms with Crippen LogP contribution in [0.15, 0.2) is 55.1 Å². The van der Waals surface area contributed by atoms with Crippen molar-refractivity contribution in [2.45, 2.75) is 31.9 Å². The summed E-state index contributed by atoms with van der Waals surface area (Å²) in [6, 6.07) is 9.64. The van der Waals surface area contributed by atoms with E-state index in [1.165, 1.54) is 0 Å². The topological polar surface area (TPSA) is 38.3 Å². The Balaban J connectivity index is 1.80. The van der Waals surface area contributed by atoms with Gasteiger partial charge in [-0.3, -0.25) is 0 Å². The number of carbonyl (C=O) groups excluding carboxylic acids is 1. The lowest BCUT2D eigenvalue weighted by molar-refractivity contribution is 0.134. The Morgan fingerprint density at radius 2 is 2.20 bits per heavy atom. The number of rotatable bonds is 5. The normalized spacial score (nSPS) is 19.1. The molecule has 3 nitrogen and oxygen atoms in total. The largest absolute Gasteiger partial charge is 0.445 e. The maximum atomic E-state index is 11.8. The molecule has 0 radical (unpaired) electrons. The molecule has 0 heterocycles. The Hall–Kier alpha value is -2.03. The van der Waals surface area contributed by atoms with Gasteiger partial charge >= 0.3 is 6.09 Å². The van der Waals surface area contributed by atoms with Crippen molar-refractivity contribution in [3.05, 3.63) is 60.7 Å². The van der Waals surface area contributed by atoms with Gasteiger partial charge in [0.25, 0.3) is 0 Å². The molecule has 0 saturated carbocycles. The highest BCUT2D eigenvalue weighted by Gasteiger charge is 2.21. The van der Waals surface area contributed by atoms with Gasteiger partial charge in [0.1, 0.15) is 6.61 Å². The van der Waals surface area contributed by atoms with Gasteiger partial charge in [0.05, 0.1) is 6.04 Å². The van der Waals surface area contributed by atoms with E-state index in [1.54, 1.807) is 6.08 Å². The predicted octanol–water partition coefficient (Wildman–Crippen LogP) is 3.82. The lowest BCUT2D eigenvalue weighted by Gasteiger charge is -2.26. The monoisotopic (exact) mass is 271 g/mol. The summed E-state index contributed by atoms with van der Waals surface area (Å²) in [5.41, 5.74) is 0.985. The van der Waals surface area contributed by atoms with Crippen LogP contribution in [0.5, 0.6) is 0 Å². The van der Waals surface area contributed by atoms with Gasteiger partial charge in [0.2, 0.25) is 0 Å². The summed E-state index contributed by atoms with van der Waals surface area (Å²) >= 11 is 0. The molecule has 0 fully saturated rings. The number of nitrogens with one attached hydrogen (secondary N) is 1. The first-order valence-electron chi connectivity index (χ1n) is 7.04. The molecular weight excluding hydrogens is 250 g/mol. The minimum Gasteiger partial charge on any atom is -0.445 e. The van der Waals surface area contributed by atoms with Crippen LogP contribution in [-0.2, 0) is 11.3 Å². The number of carbonyl (C=O) groups is 1. The van der Waals surface area contributed by atoms with E-state index in [-0.39, 0.29) is 12.1 Å². The van der Waals surface area contributed by atoms with Gasteiger partial charge in [-0.2, -0.15) is 0 Å². The van der Waals surface area contributed by atoms with Gasteiger partial charge < -0.3 is 10.1 Å². The van der Waals surface area contributed by atoms with Crippen LogP contribution in [0.4, 0.5) is 4.79 Å². The zero-order valence-electron chi connectivity index (χ0n) is 11.6. The van der Waals surface area contributed by atoms with E-state index in [4.69, 9.17) is 4.74 Å². The second kappa shape index (κ2) is 7.53. The van der Waals surface area contributed by atoms with Crippen molar-refractivity contribution in [2.75, 3.05) is 0 Å². The molecule has 0 aliphatic heterocycles. The van der Waals surface area contributed by atoms with Gasteiger partial charge in [0.15, 0.2) is 0 Å². The van der Waals surface area contributed by atoms with Crippen LogP contribution in [0.25, 0.3) is 0 Å². The Morgan fingerprint density at radius 3 is 2.85 bits per heavy atom. The molecular formula is C17H21NO2. The zero-order valence-corrected chi connectivity index (χ0v) is 11.6. The molecule has 3 heteroatoms. The standard InChI is InChI=1S/C17H21NO2/c1-2-16(15-11-7-4-8-12-15)18-17(19)20-13-14-9-5-3-6-10-14/h2-7,9-10,15-16H,1,8,11-13H2,(H,18,19)/t15?,16-/m0/s1. The van der Waals surface area contributed by atoms with Crippen molar-refractivity contribution in [3.8, 4) is 0 Å². The van der Waals surface area contributed by atoms with E-state index in [2.05, 4.69) is 24.0 Å². The summed E-state index contributed by atoms with van der Waals surface area (Å²) in [5.74, 6) is 0.418. The van der Waals surface area contributed by atoms with Crippen LogP contribution in [0.1, 0.15) is 24.8 Å². The molecule has 1 unspecified atom stereocenters. The molecule has 1 aliphatic carbocycles. The fourth-order valence-corrected chi connectivity index (χ4v) is 2.41. The first-order valence-corrected chi connectivity index (χ1v) is 7.04. The van der Waals surface area contributed by atoms with E-state index in [0.717, 1.165) is 24.8 Å². The lowest BCUT2D eigenvalue weighted by Crippen LogP contribution is -2.39. The molecule has 1 N–H and O–H groups in total. The van der Waals surface area contributed by atoms with Crippen molar-refractivity contribution in [1.82, 2.24) is 5.32 Å². The average molecular weight is 271 g/mol. The second-order valence-electron chi connectivity index (χ2n) is 5.01. The molecule has 0 aromatic heterocycles. The van der Waals surface area contributed by atoms with E-state index < -0.39 is 0 Å². The first kappa shape index (κ1) is 14.4. The summed E-state index contributed by atoms with van der Waals surface area (Å²) in [6.45, 7) is 4.11. The van der Waals surface area contributed by atoms with E-state index in [0.29, 0.717) is 12.5 Å². The number of hydrogen-bond donors (Lipinski definition) is 1. The molecule has 20 heavy (non-hydrogen) atoms. The zero-order chi connectivity index (χ0) is 14.2. The molecule has 1 aromatic carbocycles. The summed E-state index contributed by atoms with van der Waals surface area (Å²) in [6.07, 6.45) is 8.89. The van der Waals surface area contributed by atoms with Crippen molar-refractivity contribution in [3.63, 3.8) is 0 Å². The SMILES string of the molecule is C=C[C@H](NC(=O)OCc1ccccc1)C1CC=CCC1. The summed E-state index contributed by atoms with van der Waals surface area (Å²) < 4.78 is 5.24. The van der Waals surface area contributed by atoms with Crippen LogP contribution < -0.4 is 5.32 Å². The number of ether oxygens (including phenoxy) is 1. The van der Waals surface area contributed by atoms with Crippen LogP contribution >= 0.6 is 0 Å². The number of hydrogen-bond acceptors (Lipinski definition) is 2. The first-order chi connectivity index (χ1) is 9.79. The van der Waals surface area contributed by atoms with E-state index >= 15 is 0 Å². The van der Waals surface area contributed by atoms with Crippen molar-refractivity contribution in [2.24, 2.45) is 5.92 Å². The fraction of sp³-hybridized carbons (Fsp3) is 0.353. The summed E-state index contributed by atoms with van der Waals surface area (Å²) in [4.78, 5) is 11.8. The van der Waals surface area contributed by atoms with Crippen molar-refractivity contribution in [1.29, 1.82) is 0 Å². The highest BCUT2D eigenvalue weighted by molar-refractivity contribution is 5.68. The second-order valence-corrected chi connectivity index (χ2v) is 5.01. The Kier molecular flexibility index (Phi) is 5.42. The maximum absolute atomic E-state index is 11.8. The molecule has 2 atom stereocenters. The Labute approximate surface area is 120 Å². The minimum atomic E-state index is -0.381. The third-order valence-corrected chi connectivity index (χ3v) is 3.57. The third kappa shape index (κ3) is 4.26. The fourth-order valence-electron chi connectivity index (χ4n) is 2.41. The smallest absolute Gasteiger partial charge is 0.407 e. The van der Waals surface area contributed by atoms with Crippen LogP contribution in [-0.4, -0.2) is 12.1 Å². The molecule has 2 rings (SSSR count). The van der Waals surface area contributed by atoms with Crippen molar-refractivity contribution >= 4 is 6.09 Å². The van der Waals surface area contributed by atoms with Gasteiger partial charge in [-0.1, -0.05) is 48.6 Å². The lowest BCUT2D eigenvalue weighted by atomic mass is 9.88. The van der Waals surface area contributed by atoms with Crippen LogP contribution in [0, 0.1) is 5.92 Å². The summed E-state index contributed by atoms with van der Waals surface area (Å²) in [5, 5.41) is 2.89. The predicted molar refractivity (Wildman–Crippen MR) is 80.2 cm³/mol.